The maximum atomic E-state index is 12.2. The molecule has 0 saturated heterocycles. The summed E-state index contributed by atoms with van der Waals surface area (Å²) >= 11 is 0. The predicted molar refractivity (Wildman–Crippen MR) is 101 cm³/mol. The molecule has 0 atom stereocenters. The second-order valence-corrected chi connectivity index (χ2v) is 7.75. The number of H-pyrrole nitrogens is 1. The van der Waals surface area contributed by atoms with Crippen molar-refractivity contribution in [2.75, 3.05) is 13.1 Å². The zero-order valence-corrected chi connectivity index (χ0v) is 15.9. The van der Waals surface area contributed by atoms with Gasteiger partial charge in [0.15, 0.2) is 0 Å². The van der Waals surface area contributed by atoms with Crippen LogP contribution in [0.4, 0.5) is 13.2 Å². The lowest BCUT2D eigenvalue weighted by Crippen LogP contribution is -2.30. The number of rotatable bonds is 7. The fraction of sp³-hybridized carbons (Fsp3) is 0.579. The van der Waals surface area contributed by atoms with E-state index in [0.717, 1.165) is 47.9 Å². The Morgan fingerprint density at radius 3 is 2.83 bits per heavy atom. The second-order valence-electron chi connectivity index (χ2n) is 7.75. The molecule has 0 aliphatic heterocycles. The van der Waals surface area contributed by atoms with Crippen LogP contribution in [-0.2, 0) is 4.79 Å². The molecule has 2 N–H and O–H groups in total. The lowest BCUT2D eigenvalue weighted by atomic mass is 9.80. The van der Waals surface area contributed by atoms with Crippen LogP contribution in [0.2, 0.25) is 0 Å². The third-order valence-electron chi connectivity index (χ3n) is 5.67. The first-order valence-electron chi connectivity index (χ1n) is 9.87. The van der Waals surface area contributed by atoms with Crippen molar-refractivity contribution >= 4 is 22.3 Å². The molecule has 0 bridgehead atoms. The van der Waals surface area contributed by atoms with Crippen LogP contribution < -0.4 is 5.32 Å². The Bertz CT molecular complexity index is 987. The van der Waals surface area contributed by atoms with E-state index in [9.17, 15) is 18.0 Å². The quantitative estimate of drug-likeness (QED) is 0.626. The van der Waals surface area contributed by atoms with Crippen LogP contribution in [0.5, 0.6) is 0 Å². The van der Waals surface area contributed by atoms with E-state index in [0.29, 0.717) is 18.4 Å². The minimum Gasteiger partial charge on any atom is -0.346 e. The van der Waals surface area contributed by atoms with E-state index in [4.69, 9.17) is 0 Å². The monoisotopic (exact) mass is 408 g/mol. The highest BCUT2D eigenvalue weighted by Crippen LogP contribution is 2.37. The van der Waals surface area contributed by atoms with Crippen molar-refractivity contribution in [1.29, 1.82) is 0 Å². The molecule has 3 heterocycles. The van der Waals surface area contributed by atoms with Crippen molar-refractivity contribution in [2.24, 2.45) is 5.92 Å². The number of alkyl halides is 3. The molecular formula is C19H23F3N6O. The van der Waals surface area contributed by atoms with E-state index < -0.39 is 24.8 Å². The van der Waals surface area contributed by atoms with Gasteiger partial charge in [-0.2, -0.15) is 13.2 Å². The summed E-state index contributed by atoms with van der Waals surface area (Å²) in [6, 6.07) is 1.98. The van der Waals surface area contributed by atoms with E-state index >= 15 is 0 Å². The van der Waals surface area contributed by atoms with Crippen LogP contribution in [-0.4, -0.2) is 49.8 Å². The minimum atomic E-state index is -4.28. The summed E-state index contributed by atoms with van der Waals surface area (Å²) in [7, 11) is 0. The molecule has 0 radical (unpaired) electrons. The summed E-state index contributed by atoms with van der Waals surface area (Å²) in [6.07, 6.45) is 1.64. The van der Waals surface area contributed by atoms with Gasteiger partial charge in [0.2, 0.25) is 0 Å². The molecule has 1 aliphatic rings. The summed E-state index contributed by atoms with van der Waals surface area (Å²) < 4.78 is 38.2. The number of nitrogens with one attached hydrogen (secondary N) is 2. The number of halogens is 3. The third kappa shape index (κ3) is 4.58. The number of aromatic amines is 1. The smallest absolute Gasteiger partial charge is 0.346 e. The van der Waals surface area contributed by atoms with E-state index in [2.05, 4.69) is 25.6 Å². The fourth-order valence-electron chi connectivity index (χ4n) is 4.12. The Morgan fingerprint density at radius 1 is 1.28 bits per heavy atom. The van der Waals surface area contributed by atoms with Gasteiger partial charge in [0.25, 0.3) is 0 Å². The highest BCUT2D eigenvalue weighted by Gasteiger charge is 2.28. The first-order chi connectivity index (χ1) is 13.9. The molecule has 0 amide bonds. The number of carbonyl (C=O) groups excluding carboxylic acids is 1. The second kappa shape index (κ2) is 8.10. The summed E-state index contributed by atoms with van der Waals surface area (Å²) in [5.41, 5.74) is 2.80. The van der Waals surface area contributed by atoms with Gasteiger partial charge in [0.1, 0.15) is 23.3 Å². The molecule has 0 aromatic carbocycles. The predicted octanol–water partition coefficient (Wildman–Crippen LogP) is 3.38. The number of ketones is 1. The lowest BCUT2D eigenvalue weighted by Gasteiger charge is -2.27. The maximum Gasteiger partial charge on any atom is 0.389 e. The van der Waals surface area contributed by atoms with Crippen molar-refractivity contribution in [1.82, 2.24) is 30.1 Å². The molecule has 1 saturated carbocycles. The number of Topliss-reactive ketones (excluding diaryl/α,β-unsaturated/α-hetero) is 1. The van der Waals surface area contributed by atoms with Crippen molar-refractivity contribution in [3.05, 3.63) is 24.3 Å². The van der Waals surface area contributed by atoms with Crippen molar-refractivity contribution < 1.29 is 18.0 Å². The largest absolute Gasteiger partial charge is 0.389 e. The number of hydrogen-bond donors (Lipinski definition) is 2. The lowest BCUT2D eigenvalue weighted by molar-refractivity contribution is -0.142. The van der Waals surface area contributed by atoms with Gasteiger partial charge in [0, 0.05) is 23.9 Å². The molecular weight excluding hydrogens is 385 g/mol. The average Bonchev–Trinajstić information content (AvgIpc) is 3.32. The first-order valence-corrected chi connectivity index (χ1v) is 9.87. The number of hydrogen-bond acceptors (Lipinski definition) is 5. The highest BCUT2D eigenvalue weighted by atomic mass is 19.4. The molecule has 156 valence electrons. The van der Waals surface area contributed by atoms with Crippen LogP contribution in [0.1, 0.15) is 50.1 Å². The molecule has 10 heteroatoms. The van der Waals surface area contributed by atoms with Gasteiger partial charge in [-0.15, -0.1) is 5.10 Å². The summed E-state index contributed by atoms with van der Waals surface area (Å²) in [5, 5.41) is 12.7. The molecule has 1 aliphatic carbocycles. The van der Waals surface area contributed by atoms with Crippen molar-refractivity contribution in [2.45, 2.75) is 50.6 Å². The molecule has 0 spiro atoms. The maximum absolute atomic E-state index is 12.2. The Balaban J connectivity index is 1.29. The Morgan fingerprint density at radius 2 is 2.07 bits per heavy atom. The minimum absolute atomic E-state index is 0.00405. The van der Waals surface area contributed by atoms with Gasteiger partial charge in [-0.25, -0.2) is 9.50 Å². The Hall–Kier alpha value is -2.49. The molecule has 1 fully saturated rings. The van der Waals surface area contributed by atoms with Crippen molar-refractivity contribution in [3.8, 4) is 0 Å². The van der Waals surface area contributed by atoms with Gasteiger partial charge in [-0.05, 0) is 44.2 Å². The molecule has 4 rings (SSSR count). The van der Waals surface area contributed by atoms with Gasteiger partial charge >= 0.3 is 6.18 Å². The van der Waals surface area contributed by atoms with E-state index in [-0.39, 0.29) is 6.54 Å². The van der Waals surface area contributed by atoms with Crippen LogP contribution >= 0.6 is 0 Å². The van der Waals surface area contributed by atoms with Gasteiger partial charge in [0.05, 0.1) is 18.7 Å². The zero-order chi connectivity index (χ0) is 20.4. The highest BCUT2D eigenvalue weighted by molar-refractivity contribution is 5.92. The molecule has 7 nitrogen and oxygen atoms in total. The third-order valence-corrected chi connectivity index (χ3v) is 5.67. The average molecular weight is 408 g/mol. The van der Waals surface area contributed by atoms with Gasteiger partial charge < -0.3 is 10.3 Å². The van der Waals surface area contributed by atoms with E-state index in [1.54, 1.807) is 10.8 Å². The number of aromatic nitrogens is 5. The summed E-state index contributed by atoms with van der Waals surface area (Å²) in [6.45, 7) is 0.655. The SMILES string of the molecule is O=C(CCC(F)(F)F)CNCC1CCC(c2nnn3cnc4[nH]ccc4c23)CC1. The Labute approximate surface area is 165 Å². The molecule has 3 aromatic rings. The zero-order valence-electron chi connectivity index (χ0n) is 15.9. The Kier molecular flexibility index (Phi) is 5.53. The fourth-order valence-corrected chi connectivity index (χ4v) is 4.12. The number of carbonyl (C=O) groups is 1. The van der Waals surface area contributed by atoms with Crippen LogP contribution in [0.25, 0.3) is 16.6 Å². The standard InChI is InChI=1S/C19H23F3N6O/c20-19(21,22)7-5-14(29)10-23-9-12-1-3-13(4-2-12)16-17-15-6-8-24-18(15)25-11-28(17)27-26-16/h6,8,11-13,23-24H,1-5,7,9-10H2. The van der Waals surface area contributed by atoms with Gasteiger partial charge in [-0.3, -0.25) is 4.79 Å². The van der Waals surface area contributed by atoms with Gasteiger partial charge in [-0.1, -0.05) is 5.21 Å². The van der Waals surface area contributed by atoms with E-state index in [1.807, 2.05) is 12.3 Å². The molecule has 29 heavy (non-hydrogen) atoms. The number of nitrogens with zero attached hydrogens (tertiary/aromatic N) is 4. The summed E-state index contributed by atoms with van der Waals surface area (Å²) in [4.78, 5) is 19.0. The summed E-state index contributed by atoms with van der Waals surface area (Å²) in [5.74, 6) is 0.339. The van der Waals surface area contributed by atoms with Crippen LogP contribution in [0, 0.1) is 5.92 Å². The van der Waals surface area contributed by atoms with Crippen molar-refractivity contribution in [3.63, 3.8) is 0 Å². The first kappa shape index (κ1) is 19.8. The normalized spacial score (nSPS) is 20.5. The molecule has 3 aromatic heterocycles. The van der Waals surface area contributed by atoms with E-state index in [1.165, 1.54) is 0 Å². The van der Waals surface area contributed by atoms with Crippen LogP contribution in [0.3, 0.4) is 0 Å². The topological polar surface area (TPSA) is 88.0 Å². The molecule has 0 unspecified atom stereocenters. The number of fused-ring (bicyclic) bond motifs is 3. The van der Waals surface area contributed by atoms with Crippen LogP contribution in [0.15, 0.2) is 18.6 Å².